The SMILES string of the molecule is CCOC(=O)[C@H](C)Nc1ccnc(C(=O)O)c1. The Morgan fingerprint density at radius 3 is 2.88 bits per heavy atom. The van der Waals surface area contributed by atoms with E-state index in [0.29, 0.717) is 12.3 Å². The van der Waals surface area contributed by atoms with Crippen molar-refractivity contribution in [3.8, 4) is 0 Å². The van der Waals surface area contributed by atoms with Crippen LogP contribution in [0.3, 0.4) is 0 Å². The molecule has 1 aromatic heterocycles. The number of aromatic nitrogens is 1. The van der Waals surface area contributed by atoms with Gasteiger partial charge in [-0.3, -0.25) is 0 Å². The van der Waals surface area contributed by atoms with Crippen molar-refractivity contribution in [3.63, 3.8) is 0 Å². The van der Waals surface area contributed by atoms with Crippen molar-refractivity contribution in [1.82, 2.24) is 4.98 Å². The average Bonchev–Trinajstić information content (AvgIpc) is 2.29. The Hall–Kier alpha value is -2.11. The summed E-state index contributed by atoms with van der Waals surface area (Å²) >= 11 is 0. The van der Waals surface area contributed by atoms with Crippen LogP contribution in [-0.4, -0.2) is 34.7 Å². The van der Waals surface area contributed by atoms with Crippen molar-refractivity contribution in [1.29, 1.82) is 0 Å². The third-order valence-corrected chi connectivity index (χ3v) is 2.00. The maximum absolute atomic E-state index is 11.3. The second kappa shape index (κ2) is 5.83. The molecule has 0 unspecified atom stereocenters. The summed E-state index contributed by atoms with van der Waals surface area (Å²) in [7, 11) is 0. The summed E-state index contributed by atoms with van der Waals surface area (Å²) < 4.78 is 4.82. The third-order valence-electron chi connectivity index (χ3n) is 2.00. The lowest BCUT2D eigenvalue weighted by Crippen LogP contribution is -2.28. The Kier molecular flexibility index (Phi) is 4.45. The first-order valence-electron chi connectivity index (χ1n) is 5.17. The normalized spacial score (nSPS) is 11.6. The number of nitrogens with zero attached hydrogens (tertiary/aromatic N) is 1. The molecule has 0 aliphatic heterocycles. The monoisotopic (exact) mass is 238 g/mol. The molecular formula is C11H14N2O4. The molecule has 1 aromatic rings. The number of anilines is 1. The Bertz CT molecular complexity index is 420. The van der Waals surface area contributed by atoms with Crippen LogP contribution in [0.2, 0.25) is 0 Å². The average molecular weight is 238 g/mol. The number of rotatable bonds is 5. The predicted molar refractivity (Wildman–Crippen MR) is 60.9 cm³/mol. The van der Waals surface area contributed by atoms with E-state index in [1.165, 1.54) is 12.3 Å². The van der Waals surface area contributed by atoms with E-state index in [9.17, 15) is 9.59 Å². The molecule has 0 aromatic carbocycles. The van der Waals surface area contributed by atoms with Gasteiger partial charge >= 0.3 is 11.9 Å². The van der Waals surface area contributed by atoms with Gasteiger partial charge in [-0.15, -0.1) is 0 Å². The molecule has 1 atom stereocenters. The highest BCUT2D eigenvalue weighted by Crippen LogP contribution is 2.10. The molecule has 0 saturated carbocycles. The predicted octanol–water partition coefficient (Wildman–Crippen LogP) is 1.14. The highest BCUT2D eigenvalue weighted by atomic mass is 16.5. The molecule has 0 spiro atoms. The molecule has 92 valence electrons. The zero-order chi connectivity index (χ0) is 12.8. The fourth-order valence-electron chi connectivity index (χ4n) is 1.21. The number of hydrogen-bond acceptors (Lipinski definition) is 5. The van der Waals surface area contributed by atoms with Gasteiger partial charge in [0, 0.05) is 11.9 Å². The van der Waals surface area contributed by atoms with E-state index in [-0.39, 0.29) is 11.7 Å². The first-order chi connectivity index (χ1) is 8.04. The van der Waals surface area contributed by atoms with Gasteiger partial charge in [0.2, 0.25) is 0 Å². The van der Waals surface area contributed by atoms with Crippen LogP contribution < -0.4 is 5.32 Å². The fraction of sp³-hybridized carbons (Fsp3) is 0.364. The standard InChI is InChI=1S/C11H14N2O4/c1-3-17-11(16)7(2)13-8-4-5-12-9(6-8)10(14)15/h4-7H,3H2,1-2H3,(H,12,13)(H,14,15)/t7-/m0/s1. The van der Waals surface area contributed by atoms with Crippen LogP contribution in [0, 0.1) is 0 Å². The maximum Gasteiger partial charge on any atom is 0.354 e. The van der Waals surface area contributed by atoms with Crippen LogP contribution >= 0.6 is 0 Å². The molecule has 6 heteroatoms. The Morgan fingerprint density at radius 1 is 1.59 bits per heavy atom. The first-order valence-corrected chi connectivity index (χ1v) is 5.17. The number of aromatic carboxylic acids is 1. The van der Waals surface area contributed by atoms with Gasteiger partial charge in [0.1, 0.15) is 11.7 Å². The lowest BCUT2D eigenvalue weighted by molar-refractivity contribution is -0.143. The molecule has 0 fully saturated rings. The van der Waals surface area contributed by atoms with E-state index in [4.69, 9.17) is 9.84 Å². The number of esters is 1. The minimum Gasteiger partial charge on any atom is -0.477 e. The first kappa shape index (κ1) is 13.0. The number of carboxylic acid groups (broad SMARTS) is 1. The zero-order valence-electron chi connectivity index (χ0n) is 9.64. The molecule has 6 nitrogen and oxygen atoms in total. The van der Waals surface area contributed by atoms with Crippen LogP contribution in [0.5, 0.6) is 0 Å². The van der Waals surface area contributed by atoms with Crippen molar-refractivity contribution in [3.05, 3.63) is 24.0 Å². The van der Waals surface area contributed by atoms with Crippen molar-refractivity contribution < 1.29 is 19.4 Å². The summed E-state index contributed by atoms with van der Waals surface area (Å²) in [5, 5.41) is 11.6. The smallest absolute Gasteiger partial charge is 0.354 e. The van der Waals surface area contributed by atoms with E-state index >= 15 is 0 Å². The van der Waals surface area contributed by atoms with Gasteiger partial charge in [-0.25, -0.2) is 14.6 Å². The minimum absolute atomic E-state index is 0.0777. The molecule has 0 bridgehead atoms. The summed E-state index contributed by atoms with van der Waals surface area (Å²) in [6.45, 7) is 3.67. The quantitative estimate of drug-likeness (QED) is 0.748. The number of carboxylic acids is 1. The Balaban J connectivity index is 2.71. The molecule has 0 amide bonds. The van der Waals surface area contributed by atoms with Gasteiger partial charge in [-0.2, -0.15) is 0 Å². The van der Waals surface area contributed by atoms with Crippen LogP contribution in [0.1, 0.15) is 24.3 Å². The van der Waals surface area contributed by atoms with E-state index in [1.54, 1.807) is 19.9 Å². The second-order valence-corrected chi connectivity index (χ2v) is 3.35. The summed E-state index contributed by atoms with van der Waals surface area (Å²) in [5.74, 6) is -1.50. The van der Waals surface area contributed by atoms with E-state index in [1.807, 2.05) is 0 Å². The number of pyridine rings is 1. The van der Waals surface area contributed by atoms with Crippen LogP contribution in [0.4, 0.5) is 5.69 Å². The van der Waals surface area contributed by atoms with Gasteiger partial charge < -0.3 is 15.2 Å². The van der Waals surface area contributed by atoms with E-state index < -0.39 is 12.0 Å². The molecule has 1 heterocycles. The number of ether oxygens (including phenoxy) is 1. The molecule has 0 radical (unpaired) electrons. The summed E-state index contributed by atoms with van der Waals surface area (Å²) in [5.41, 5.74) is 0.434. The lowest BCUT2D eigenvalue weighted by atomic mass is 10.2. The highest BCUT2D eigenvalue weighted by molar-refractivity contribution is 5.86. The lowest BCUT2D eigenvalue weighted by Gasteiger charge is -2.13. The van der Waals surface area contributed by atoms with Crippen LogP contribution in [0.15, 0.2) is 18.3 Å². The molecule has 0 aliphatic carbocycles. The largest absolute Gasteiger partial charge is 0.477 e. The van der Waals surface area contributed by atoms with E-state index in [2.05, 4.69) is 10.3 Å². The van der Waals surface area contributed by atoms with Gasteiger partial charge in [0.25, 0.3) is 0 Å². The molecule has 1 rings (SSSR count). The third kappa shape index (κ3) is 3.75. The Morgan fingerprint density at radius 2 is 2.29 bits per heavy atom. The fourth-order valence-corrected chi connectivity index (χ4v) is 1.21. The van der Waals surface area contributed by atoms with Gasteiger partial charge in [0.15, 0.2) is 0 Å². The zero-order valence-corrected chi connectivity index (χ0v) is 9.64. The van der Waals surface area contributed by atoms with Crippen LogP contribution in [0.25, 0.3) is 0 Å². The Labute approximate surface area is 98.6 Å². The van der Waals surface area contributed by atoms with Crippen molar-refractivity contribution in [2.24, 2.45) is 0 Å². The molecule has 0 aliphatic rings. The van der Waals surface area contributed by atoms with Crippen molar-refractivity contribution in [2.75, 3.05) is 11.9 Å². The van der Waals surface area contributed by atoms with Gasteiger partial charge in [-0.05, 0) is 26.0 Å². The summed E-state index contributed by atoms with van der Waals surface area (Å²) in [6, 6.07) is 2.40. The number of hydrogen-bond donors (Lipinski definition) is 2. The molecule has 0 saturated heterocycles. The number of carbonyl (C=O) groups excluding carboxylic acids is 1. The number of carbonyl (C=O) groups is 2. The number of nitrogens with one attached hydrogen (secondary N) is 1. The highest BCUT2D eigenvalue weighted by Gasteiger charge is 2.14. The minimum atomic E-state index is -1.11. The van der Waals surface area contributed by atoms with Crippen molar-refractivity contribution >= 4 is 17.6 Å². The topological polar surface area (TPSA) is 88.5 Å². The second-order valence-electron chi connectivity index (χ2n) is 3.35. The van der Waals surface area contributed by atoms with Crippen LogP contribution in [-0.2, 0) is 9.53 Å². The van der Waals surface area contributed by atoms with Gasteiger partial charge in [-0.1, -0.05) is 0 Å². The van der Waals surface area contributed by atoms with Gasteiger partial charge in [0.05, 0.1) is 6.61 Å². The maximum atomic E-state index is 11.3. The molecule has 2 N–H and O–H groups in total. The van der Waals surface area contributed by atoms with E-state index in [0.717, 1.165) is 0 Å². The van der Waals surface area contributed by atoms with Crippen molar-refractivity contribution in [2.45, 2.75) is 19.9 Å². The summed E-state index contributed by atoms with van der Waals surface area (Å²) in [4.78, 5) is 25.7. The summed E-state index contributed by atoms with van der Waals surface area (Å²) in [6.07, 6.45) is 1.36. The molecule has 17 heavy (non-hydrogen) atoms. The molecular weight excluding hydrogens is 224 g/mol.